The summed E-state index contributed by atoms with van der Waals surface area (Å²) in [4.78, 5) is 30.5. The Bertz CT molecular complexity index is 1200. The molecule has 0 aliphatic heterocycles. The first kappa shape index (κ1) is 29.2. The second kappa shape index (κ2) is 13.8. The largest absolute Gasteiger partial charge is 0.495 e. The topological polar surface area (TPSA) is 225 Å². The van der Waals surface area contributed by atoms with Crippen LogP contribution in [0.3, 0.4) is 0 Å². The number of rotatable bonds is 6. The van der Waals surface area contributed by atoms with Gasteiger partial charge in [-0.05, 0) is 54.4 Å². The third-order valence-electron chi connectivity index (χ3n) is 4.66. The van der Waals surface area contributed by atoms with E-state index >= 15 is 0 Å². The standard InChI is InChI=1S/C9H13NO.C8H9NO3.C7H6N2O4/c1-2-9(11)7-3-5-8(10)6-4-7;1-12-7-4-5(8(10)11)2-3-6(7)9;8-5-2-1-4(7(10)11)3-6(5)9(12)13/h3-6,9,11H,2,10H2,1H3;2-4H,9H2,1H3,(H,10,11);1-3H,8H2,(H,10,11). The first-order chi connectivity index (χ1) is 16.9. The molecule has 0 aliphatic carbocycles. The first-order valence-corrected chi connectivity index (χ1v) is 10.4. The molecule has 1 unspecified atom stereocenters. The van der Waals surface area contributed by atoms with E-state index < -0.39 is 16.9 Å². The molecular weight excluding hydrogens is 472 g/mol. The number of carbonyl (C=O) groups is 2. The van der Waals surface area contributed by atoms with Crippen molar-refractivity contribution in [2.75, 3.05) is 24.3 Å². The van der Waals surface area contributed by atoms with E-state index in [9.17, 15) is 24.8 Å². The zero-order valence-electron chi connectivity index (χ0n) is 19.6. The van der Waals surface area contributed by atoms with Crippen LogP contribution in [0.5, 0.6) is 5.75 Å². The van der Waals surface area contributed by atoms with Gasteiger partial charge >= 0.3 is 11.9 Å². The minimum Gasteiger partial charge on any atom is -0.495 e. The Morgan fingerprint density at radius 1 is 0.917 bits per heavy atom. The number of hydrogen-bond acceptors (Lipinski definition) is 9. The Balaban J connectivity index is 0.000000271. The minimum absolute atomic E-state index is 0.0463. The monoisotopic (exact) mass is 500 g/mol. The Hall–Kier alpha value is -4.84. The SMILES string of the molecule is CCC(O)c1ccc(N)cc1.COc1cc(C(=O)O)ccc1N.Nc1ccc(C(=O)O)cc1[N+](=O)[O-]. The van der Waals surface area contributed by atoms with Crippen molar-refractivity contribution >= 4 is 34.7 Å². The Morgan fingerprint density at radius 3 is 1.86 bits per heavy atom. The van der Waals surface area contributed by atoms with Gasteiger partial charge in [-0.15, -0.1) is 0 Å². The second-order valence-electron chi connectivity index (χ2n) is 7.19. The number of aliphatic hydroxyl groups is 1. The molecular formula is C24H28N4O8. The van der Waals surface area contributed by atoms with E-state index in [4.69, 9.17) is 32.2 Å². The zero-order valence-corrected chi connectivity index (χ0v) is 19.6. The first-order valence-electron chi connectivity index (χ1n) is 10.4. The number of anilines is 3. The molecule has 0 saturated heterocycles. The fourth-order valence-electron chi connectivity index (χ4n) is 2.63. The zero-order chi connectivity index (χ0) is 27.4. The summed E-state index contributed by atoms with van der Waals surface area (Å²) in [5.74, 6) is -1.83. The average molecular weight is 501 g/mol. The third-order valence-corrected chi connectivity index (χ3v) is 4.66. The summed E-state index contributed by atoms with van der Waals surface area (Å²) in [5, 5.41) is 36.8. The third kappa shape index (κ3) is 8.83. The van der Waals surface area contributed by atoms with Gasteiger partial charge in [-0.25, -0.2) is 9.59 Å². The van der Waals surface area contributed by atoms with Crippen LogP contribution in [0, 0.1) is 10.1 Å². The van der Waals surface area contributed by atoms with Crippen molar-refractivity contribution in [1.82, 2.24) is 0 Å². The molecule has 0 heterocycles. The molecule has 0 radical (unpaired) electrons. The van der Waals surface area contributed by atoms with E-state index in [1.165, 1.54) is 37.4 Å². The number of nitro groups is 1. The summed E-state index contributed by atoms with van der Waals surface area (Å²) < 4.78 is 4.85. The number of nitrogens with two attached hydrogens (primary N) is 3. The number of nitrogens with zero attached hydrogens (tertiary/aromatic N) is 1. The normalized spacial score (nSPS) is 10.5. The van der Waals surface area contributed by atoms with Crippen LogP contribution >= 0.6 is 0 Å². The lowest BCUT2D eigenvalue weighted by Crippen LogP contribution is -2.00. The molecule has 36 heavy (non-hydrogen) atoms. The second-order valence-corrected chi connectivity index (χ2v) is 7.19. The molecule has 0 aliphatic rings. The van der Waals surface area contributed by atoms with Crippen molar-refractivity contribution < 1.29 is 34.6 Å². The molecule has 0 aromatic heterocycles. The van der Waals surface area contributed by atoms with E-state index in [1.807, 2.05) is 19.1 Å². The van der Waals surface area contributed by atoms with Crippen LogP contribution in [-0.2, 0) is 0 Å². The van der Waals surface area contributed by atoms with Crippen LogP contribution in [0.25, 0.3) is 0 Å². The van der Waals surface area contributed by atoms with Crippen molar-refractivity contribution in [2.45, 2.75) is 19.4 Å². The number of benzene rings is 3. The van der Waals surface area contributed by atoms with Crippen LogP contribution in [0.15, 0.2) is 60.7 Å². The number of methoxy groups -OCH3 is 1. The van der Waals surface area contributed by atoms with Crippen LogP contribution in [0.2, 0.25) is 0 Å². The van der Waals surface area contributed by atoms with Gasteiger partial charge in [0, 0.05) is 11.8 Å². The van der Waals surface area contributed by atoms with Gasteiger partial charge < -0.3 is 37.3 Å². The Morgan fingerprint density at radius 2 is 1.42 bits per heavy atom. The van der Waals surface area contributed by atoms with Crippen molar-refractivity contribution in [3.63, 3.8) is 0 Å². The van der Waals surface area contributed by atoms with Crippen molar-refractivity contribution in [1.29, 1.82) is 0 Å². The molecule has 3 aromatic rings. The van der Waals surface area contributed by atoms with Crippen LogP contribution in [0.4, 0.5) is 22.7 Å². The summed E-state index contributed by atoms with van der Waals surface area (Å²) in [7, 11) is 1.44. The summed E-state index contributed by atoms with van der Waals surface area (Å²) in [6, 6.07) is 15.0. The molecule has 9 N–H and O–H groups in total. The molecule has 3 aromatic carbocycles. The van der Waals surface area contributed by atoms with Crippen molar-refractivity contribution in [2.24, 2.45) is 0 Å². The van der Waals surface area contributed by atoms with Gasteiger partial charge in [0.2, 0.25) is 0 Å². The molecule has 0 amide bonds. The molecule has 0 saturated carbocycles. The number of ether oxygens (including phenoxy) is 1. The molecule has 3 rings (SSSR count). The van der Waals surface area contributed by atoms with Gasteiger partial charge in [-0.1, -0.05) is 19.1 Å². The maximum Gasteiger partial charge on any atom is 0.335 e. The van der Waals surface area contributed by atoms with Gasteiger partial charge in [0.1, 0.15) is 11.4 Å². The molecule has 1 atom stereocenters. The smallest absolute Gasteiger partial charge is 0.335 e. The highest BCUT2D eigenvalue weighted by Crippen LogP contribution is 2.23. The van der Waals surface area contributed by atoms with Gasteiger partial charge in [-0.2, -0.15) is 0 Å². The maximum atomic E-state index is 10.5. The van der Waals surface area contributed by atoms with E-state index in [1.54, 1.807) is 12.1 Å². The quantitative estimate of drug-likeness (QED) is 0.163. The molecule has 0 bridgehead atoms. The summed E-state index contributed by atoms with van der Waals surface area (Å²) >= 11 is 0. The number of nitro benzene ring substituents is 1. The highest BCUT2D eigenvalue weighted by atomic mass is 16.6. The van der Waals surface area contributed by atoms with E-state index in [0.29, 0.717) is 11.4 Å². The van der Waals surface area contributed by atoms with Crippen LogP contribution in [0.1, 0.15) is 45.7 Å². The lowest BCUT2D eigenvalue weighted by Gasteiger charge is -2.06. The average Bonchev–Trinajstić information content (AvgIpc) is 2.85. The number of aromatic carboxylic acids is 2. The minimum atomic E-state index is -1.22. The Kier molecular flexibility index (Phi) is 11.2. The lowest BCUT2D eigenvalue weighted by atomic mass is 10.1. The molecule has 12 nitrogen and oxygen atoms in total. The number of carboxylic acid groups (broad SMARTS) is 2. The number of hydrogen-bond donors (Lipinski definition) is 6. The fourth-order valence-corrected chi connectivity index (χ4v) is 2.63. The number of carboxylic acids is 2. The van der Waals surface area contributed by atoms with Gasteiger partial charge in [-0.3, -0.25) is 10.1 Å². The fraction of sp³-hybridized carbons (Fsp3) is 0.167. The maximum absolute atomic E-state index is 10.5. The highest BCUT2D eigenvalue weighted by Gasteiger charge is 2.14. The molecule has 12 heteroatoms. The van der Waals surface area contributed by atoms with Gasteiger partial charge in [0.25, 0.3) is 5.69 Å². The van der Waals surface area contributed by atoms with Crippen LogP contribution in [-0.4, -0.2) is 39.3 Å². The predicted molar refractivity (Wildman–Crippen MR) is 135 cm³/mol. The van der Waals surface area contributed by atoms with Gasteiger partial charge in [0.15, 0.2) is 0 Å². The van der Waals surface area contributed by atoms with E-state index in [2.05, 4.69) is 0 Å². The molecule has 192 valence electrons. The van der Waals surface area contributed by atoms with E-state index in [0.717, 1.165) is 23.7 Å². The Labute approximate surface area is 206 Å². The highest BCUT2D eigenvalue weighted by molar-refractivity contribution is 5.89. The number of nitrogen functional groups attached to an aromatic ring is 3. The van der Waals surface area contributed by atoms with Crippen molar-refractivity contribution in [3.05, 3.63) is 87.5 Å². The van der Waals surface area contributed by atoms with Crippen LogP contribution < -0.4 is 21.9 Å². The predicted octanol–water partition coefficient (Wildman–Crippen LogP) is 3.56. The molecule has 0 fully saturated rings. The van der Waals surface area contributed by atoms with Crippen molar-refractivity contribution in [3.8, 4) is 5.75 Å². The summed E-state index contributed by atoms with van der Waals surface area (Å²) in [6.07, 6.45) is 0.389. The van der Waals surface area contributed by atoms with E-state index in [-0.39, 0.29) is 28.6 Å². The summed E-state index contributed by atoms with van der Waals surface area (Å²) in [6.45, 7) is 1.95. The number of aliphatic hydroxyl groups excluding tert-OH is 1. The lowest BCUT2D eigenvalue weighted by molar-refractivity contribution is -0.383. The molecule has 0 spiro atoms. The summed E-state index contributed by atoms with van der Waals surface area (Å²) in [5.41, 5.74) is 17.9. The van der Waals surface area contributed by atoms with Gasteiger partial charge in [0.05, 0.1) is 35.0 Å².